The molecule has 168 valence electrons. The van der Waals surface area contributed by atoms with E-state index in [1.54, 1.807) is 29.2 Å². The van der Waals surface area contributed by atoms with Gasteiger partial charge >= 0.3 is 0 Å². The highest BCUT2D eigenvalue weighted by Gasteiger charge is 2.45. The number of hydrogen-bond acceptors (Lipinski definition) is 4. The molecule has 6 nitrogen and oxygen atoms in total. The molecule has 3 amide bonds. The van der Waals surface area contributed by atoms with E-state index in [2.05, 4.69) is 0 Å². The van der Waals surface area contributed by atoms with Crippen LogP contribution in [0, 0.1) is 5.92 Å². The molecule has 2 aromatic carbocycles. The summed E-state index contributed by atoms with van der Waals surface area (Å²) in [4.78, 5) is 42.7. The first-order valence-electron chi connectivity index (χ1n) is 11.5. The number of amides is 3. The molecule has 2 aromatic rings. The number of carbonyl (C=O) groups is 3. The summed E-state index contributed by atoms with van der Waals surface area (Å²) in [5.41, 5.74) is 1.46. The molecule has 0 radical (unpaired) electrons. The van der Waals surface area contributed by atoms with Crippen molar-refractivity contribution in [3.8, 4) is 5.75 Å². The van der Waals surface area contributed by atoms with Crippen LogP contribution in [0.15, 0.2) is 54.6 Å². The summed E-state index contributed by atoms with van der Waals surface area (Å²) in [5, 5.41) is 0. The zero-order valence-corrected chi connectivity index (χ0v) is 18.5. The molecular weight excluding hydrogens is 404 g/mol. The van der Waals surface area contributed by atoms with Crippen LogP contribution in [-0.4, -0.2) is 35.3 Å². The van der Waals surface area contributed by atoms with Crippen molar-refractivity contribution in [2.75, 3.05) is 11.5 Å². The van der Waals surface area contributed by atoms with Crippen LogP contribution in [0.2, 0.25) is 0 Å². The lowest BCUT2D eigenvalue weighted by Crippen LogP contribution is -2.47. The largest absolute Gasteiger partial charge is 0.494 e. The Labute approximate surface area is 189 Å². The number of nitrogens with zero attached hydrogens (tertiary/aromatic N) is 2. The predicted molar refractivity (Wildman–Crippen MR) is 122 cm³/mol. The van der Waals surface area contributed by atoms with E-state index in [0.29, 0.717) is 24.6 Å². The number of anilines is 1. The van der Waals surface area contributed by atoms with Crippen LogP contribution >= 0.6 is 0 Å². The Hall–Kier alpha value is -3.15. The first-order valence-corrected chi connectivity index (χ1v) is 11.5. The van der Waals surface area contributed by atoms with E-state index in [-0.39, 0.29) is 30.1 Å². The summed E-state index contributed by atoms with van der Waals surface area (Å²) in [6.45, 7) is 2.77. The Morgan fingerprint density at radius 2 is 1.69 bits per heavy atom. The van der Waals surface area contributed by atoms with Gasteiger partial charge in [-0.25, -0.2) is 4.90 Å². The average Bonchev–Trinajstić information content (AvgIpc) is 3.12. The Morgan fingerprint density at radius 1 is 1.00 bits per heavy atom. The number of benzene rings is 2. The molecule has 1 heterocycles. The van der Waals surface area contributed by atoms with E-state index in [0.717, 1.165) is 37.7 Å². The molecule has 1 aliphatic heterocycles. The molecule has 1 unspecified atom stereocenters. The number of rotatable bonds is 7. The van der Waals surface area contributed by atoms with Crippen molar-refractivity contribution in [3.05, 3.63) is 60.2 Å². The molecule has 1 saturated heterocycles. The van der Waals surface area contributed by atoms with E-state index in [4.69, 9.17) is 4.74 Å². The summed E-state index contributed by atoms with van der Waals surface area (Å²) in [6.07, 6.45) is 4.92. The highest BCUT2D eigenvalue weighted by molar-refractivity contribution is 6.23. The third kappa shape index (κ3) is 4.69. The zero-order valence-electron chi connectivity index (χ0n) is 18.5. The summed E-state index contributed by atoms with van der Waals surface area (Å²) < 4.78 is 5.46. The Morgan fingerprint density at radius 3 is 2.34 bits per heavy atom. The minimum atomic E-state index is -0.774. The molecule has 0 bridgehead atoms. The summed E-state index contributed by atoms with van der Waals surface area (Å²) in [7, 11) is 0. The molecule has 6 heteroatoms. The number of ether oxygens (including phenoxy) is 1. The number of imide groups is 1. The zero-order chi connectivity index (χ0) is 22.5. The maximum atomic E-state index is 13.5. The molecule has 2 aliphatic rings. The first kappa shape index (κ1) is 22.1. The van der Waals surface area contributed by atoms with Gasteiger partial charge in [-0.3, -0.25) is 14.4 Å². The molecule has 4 rings (SSSR count). The van der Waals surface area contributed by atoms with Crippen LogP contribution < -0.4 is 9.64 Å². The Bertz CT molecular complexity index is 952. The SMILES string of the molecule is CCOc1ccc(N2C(=O)CC(N(Cc3ccccc3)C(=O)C3CCCCC3)C2=O)cc1. The highest BCUT2D eigenvalue weighted by atomic mass is 16.5. The molecule has 32 heavy (non-hydrogen) atoms. The van der Waals surface area contributed by atoms with Gasteiger partial charge in [0.1, 0.15) is 11.8 Å². The van der Waals surface area contributed by atoms with Gasteiger partial charge in [-0.2, -0.15) is 0 Å². The normalized spacial score (nSPS) is 19.3. The predicted octanol–water partition coefficient (Wildman–Crippen LogP) is 4.33. The van der Waals surface area contributed by atoms with Gasteiger partial charge in [0.15, 0.2) is 0 Å². The molecule has 1 atom stereocenters. The summed E-state index contributed by atoms with van der Waals surface area (Å²) in [6, 6.07) is 15.8. The fourth-order valence-corrected chi connectivity index (χ4v) is 4.69. The maximum Gasteiger partial charge on any atom is 0.257 e. The second-order valence-corrected chi connectivity index (χ2v) is 8.50. The van der Waals surface area contributed by atoms with E-state index < -0.39 is 6.04 Å². The molecule has 0 spiro atoms. The molecule has 0 aromatic heterocycles. The third-order valence-electron chi connectivity index (χ3n) is 6.34. The van der Waals surface area contributed by atoms with Gasteiger partial charge in [-0.15, -0.1) is 0 Å². The van der Waals surface area contributed by atoms with Crippen LogP contribution in [-0.2, 0) is 20.9 Å². The Kier molecular flexibility index (Phi) is 6.88. The van der Waals surface area contributed by atoms with E-state index in [9.17, 15) is 14.4 Å². The lowest BCUT2D eigenvalue weighted by Gasteiger charge is -2.32. The molecule has 0 N–H and O–H groups in total. The van der Waals surface area contributed by atoms with Crippen molar-refractivity contribution in [2.45, 2.75) is 58.0 Å². The minimum Gasteiger partial charge on any atom is -0.494 e. The van der Waals surface area contributed by atoms with E-state index >= 15 is 0 Å². The monoisotopic (exact) mass is 434 g/mol. The topological polar surface area (TPSA) is 66.9 Å². The lowest BCUT2D eigenvalue weighted by molar-refractivity contribution is -0.143. The van der Waals surface area contributed by atoms with Crippen LogP contribution in [0.25, 0.3) is 0 Å². The van der Waals surface area contributed by atoms with Gasteiger partial charge in [0.05, 0.1) is 18.7 Å². The van der Waals surface area contributed by atoms with Crippen LogP contribution in [0.4, 0.5) is 5.69 Å². The minimum absolute atomic E-state index is 0.00625. The smallest absolute Gasteiger partial charge is 0.257 e. The quantitative estimate of drug-likeness (QED) is 0.609. The molecule has 2 fully saturated rings. The fraction of sp³-hybridized carbons (Fsp3) is 0.423. The number of hydrogen-bond donors (Lipinski definition) is 0. The second-order valence-electron chi connectivity index (χ2n) is 8.50. The van der Waals surface area contributed by atoms with Gasteiger partial charge in [0.25, 0.3) is 5.91 Å². The van der Waals surface area contributed by atoms with E-state index in [1.807, 2.05) is 37.3 Å². The maximum absolute atomic E-state index is 13.5. The lowest BCUT2D eigenvalue weighted by atomic mass is 9.87. The first-order chi connectivity index (χ1) is 15.6. The molecular formula is C26H30N2O4. The summed E-state index contributed by atoms with van der Waals surface area (Å²) >= 11 is 0. The van der Waals surface area contributed by atoms with Gasteiger partial charge in [0, 0.05) is 12.5 Å². The standard InChI is InChI=1S/C26H30N2O4/c1-2-32-22-15-13-21(14-16-22)28-24(29)17-23(26(28)31)27(18-19-9-5-3-6-10-19)25(30)20-11-7-4-8-12-20/h3,5-6,9-10,13-16,20,23H,2,4,7-8,11-12,17-18H2,1H3. The van der Waals surface area contributed by atoms with Gasteiger partial charge in [0.2, 0.25) is 11.8 Å². The van der Waals surface area contributed by atoms with E-state index in [1.165, 1.54) is 4.90 Å². The van der Waals surface area contributed by atoms with Crippen LogP contribution in [0.5, 0.6) is 5.75 Å². The molecule has 1 aliphatic carbocycles. The van der Waals surface area contributed by atoms with Crippen molar-refractivity contribution in [1.82, 2.24) is 4.90 Å². The van der Waals surface area contributed by atoms with Gasteiger partial charge in [-0.05, 0) is 49.6 Å². The highest BCUT2D eigenvalue weighted by Crippen LogP contribution is 2.32. The number of carbonyl (C=O) groups excluding carboxylic acids is 3. The van der Waals surface area contributed by atoms with Crippen molar-refractivity contribution in [3.63, 3.8) is 0 Å². The van der Waals surface area contributed by atoms with Crippen LogP contribution in [0.1, 0.15) is 51.0 Å². The van der Waals surface area contributed by atoms with Crippen LogP contribution in [0.3, 0.4) is 0 Å². The molecule has 1 saturated carbocycles. The average molecular weight is 435 g/mol. The van der Waals surface area contributed by atoms with Crippen molar-refractivity contribution < 1.29 is 19.1 Å². The second kappa shape index (κ2) is 9.98. The fourth-order valence-electron chi connectivity index (χ4n) is 4.69. The van der Waals surface area contributed by atoms with Crippen molar-refractivity contribution in [1.29, 1.82) is 0 Å². The summed E-state index contributed by atoms with van der Waals surface area (Å²) in [5.74, 6) is -0.00821. The Balaban J connectivity index is 1.59. The van der Waals surface area contributed by atoms with Crippen molar-refractivity contribution in [2.24, 2.45) is 5.92 Å². The third-order valence-corrected chi connectivity index (χ3v) is 6.34. The van der Waals surface area contributed by atoms with Crippen molar-refractivity contribution >= 4 is 23.4 Å². The van der Waals surface area contributed by atoms with Gasteiger partial charge in [-0.1, -0.05) is 49.6 Å². The van der Waals surface area contributed by atoms with Gasteiger partial charge < -0.3 is 9.64 Å².